The Morgan fingerprint density at radius 1 is 0.439 bits per heavy atom. The minimum Gasteiger partial charge on any atom is -0.357 e. The van der Waals surface area contributed by atoms with E-state index in [-0.39, 0.29) is 10.8 Å². The molecule has 0 fully saturated rings. The second kappa shape index (κ2) is 12.2. The van der Waals surface area contributed by atoms with Crippen LogP contribution >= 0.6 is 0 Å². The summed E-state index contributed by atoms with van der Waals surface area (Å²) in [6.07, 6.45) is 0. The Balaban J connectivity index is 1.23. The van der Waals surface area contributed by atoms with Gasteiger partial charge in [-0.1, -0.05) is 125 Å². The molecule has 57 heavy (non-hydrogen) atoms. The summed E-state index contributed by atoms with van der Waals surface area (Å²) in [5.74, 6) is 0. The van der Waals surface area contributed by atoms with E-state index in [1.54, 1.807) is 0 Å². The van der Waals surface area contributed by atoms with Crippen LogP contribution in [0.2, 0.25) is 0 Å². The Morgan fingerprint density at radius 2 is 0.912 bits per heavy atom. The fraction of sp³-hybridized carbons (Fsp3) is 0.151. The van der Waals surface area contributed by atoms with E-state index < -0.39 is 5.66 Å². The van der Waals surface area contributed by atoms with Crippen molar-refractivity contribution in [3.05, 3.63) is 196 Å². The van der Waals surface area contributed by atoms with Crippen molar-refractivity contribution in [1.82, 2.24) is 0 Å². The Labute approximate surface area is 334 Å². The highest BCUT2D eigenvalue weighted by Gasteiger charge is 2.39. The SMILES string of the molecule is CC1(c2ccc(C#N)cc2)N=C(c2ccc(C#N)cc2)c2cc(-c3ccc4c(c3)C(C)(C)c3ccccc3-4)cc(-c3ccc4c(c3)C(C)(C)c3ccccc3-4)c2N1. The molecule has 1 heterocycles. The lowest BCUT2D eigenvalue weighted by Crippen LogP contribution is -2.36. The van der Waals surface area contributed by atoms with E-state index >= 15 is 0 Å². The summed E-state index contributed by atoms with van der Waals surface area (Å²) in [7, 11) is 0. The van der Waals surface area contributed by atoms with E-state index in [0.29, 0.717) is 11.1 Å². The summed E-state index contributed by atoms with van der Waals surface area (Å²) >= 11 is 0. The van der Waals surface area contributed by atoms with Gasteiger partial charge in [-0.25, -0.2) is 0 Å². The fourth-order valence-corrected chi connectivity index (χ4v) is 9.60. The molecule has 7 aromatic carbocycles. The van der Waals surface area contributed by atoms with Crippen LogP contribution in [0.5, 0.6) is 0 Å². The van der Waals surface area contributed by atoms with Gasteiger partial charge in [-0.05, 0) is 122 Å². The van der Waals surface area contributed by atoms with Crippen LogP contribution in [-0.2, 0) is 16.5 Å². The minimum atomic E-state index is -0.865. The zero-order chi connectivity index (χ0) is 39.3. The summed E-state index contributed by atoms with van der Waals surface area (Å²) < 4.78 is 0. The number of hydrogen-bond donors (Lipinski definition) is 1. The molecule has 0 saturated carbocycles. The van der Waals surface area contributed by atoms with Gasteiger partial charge in [0.05, 0.1) is 34.7 Å². The maximum atomic E-state index is 9.70. The lowest BCUT2D eigenvalue weighted by molar-refractivity contribution is 0.572. The third kappa shape index (κ3) is 5.15. The topological polar surface area (TPSA) is 72.0 Å². The van der Waals surface area contributed by atoms with Gasteiger partial charge in [0.1, 0.15) is 0 Å². The Kier molecular flexibility index (Phi) is 7.41. The lowest BCUT2D eigenvalue weighted by atomic mass is 9.80. The quantitative estimate of drug-likeness (QED) is 0.196. The summed E-state index contributed by atoms with van der Waals surface area (Å²) in [5.41, 5.74) is 19.7. The molecular formula is C53H40N4. The highest BCUT2D eigenvalue weighted by atomic mass is 15.2. The molecule has 2 aliphatic carbocycles. The van der Waals surface area contributed by atoms with Crippen LogP contribution in [0.3, 0.4) is 0 Å². The molecule has 10 rings (SSSR count). The summed E-state index contributed by atoms with van der Waals surface area (Å²) in [6, 6.07) is 56.0. The first-order valence-electron chi connectivity index (χ1n) is 19.6. The van der Waals surface area contributed by atoms with Gasteiger partial charge in [-0.2, -0.15) is 10.5 Å². The van der Waals surface area contributed by atoms with Gasteiger partial charge in [-0.3, -0.25) is 4.99 Å². The monoisotopic (exact) mass is 732 g/mol. The average Bonchev–Trinajstić information content (AvgIpc) is 3.62. The van der Waals surface area contributed by atoms with Gasteiger partial charge in [0.25, 0.3) is 0 Å². The fourth-order valence-electron chi connectivity index (χ4n) is 9.60. The number of aliphatic imine (C=N–C) groups is 1. The number of fused-ring (bicyclic) bond motifs is 7. The van der Waals surface area contributed by atoms with Crippen molar-refractivity contribution in [2.75, 3.05) is 5.32 Å². The molecular weight excluding hydrogens is 693 g/mol. The molecule has 0 bridgehead atoms. The minimum absolute atomic E-state index is 0.140. The van der Waals surface area contributed by atoms with Crippen molar-refractivity contribution in [1.29, 1.82) is 10.5 Å². The first-order valence-corrected chi connectivity index (χ1v) is 19.6. The molecule has 1 N–H and O–H groups in total. The summed E-state index contributed by atoms with van der Waals surface area (Å²) in [6.45, 7) is 11.4. The van der Waals surface area contributed by atoms with Crippen LogP contribution in [-0.4, -0.2) is 5.71 Å². The lowest BCUT2D eigenvalue weighted by Gasteiger charge is -2.37. The highest BCUT2D eigenvalue weighted by molar-refractivity contribution is 6.19. The first kappa shape index (κ1) is 34.5. The molecule has 1 aliphatic heterocycles. The van der Waals surface area contributed by atoms with E-state index in [0.717, 1.165) is 50.3 Å². The number of nitrogens with one attached hydrogen (secondary N) is 1. The zero-order valence-electron chi connectivity index (χ0n) is 32.7. The second-order valence-electron chi connectivity index (χ2n) is 16.8. The van der Waals surface area contributed by atoms with E-state index in [2.05, 4.69) is 149 Å². The number of hydrogen-bond acceptors (Lipinski definition) is 4. The van der Waals surface area contributed by atoms with Gasteiger partial charge in [0.15, 0.2) is 5.66 Å². The highest BCUT2D eigenvalue weighted by Crippen LogP contribution is 2.53. The van der Waals surface area contributed by atoms with Crippen molar-refractivity contribution in [3.8, 4) is 56.6 Å². The maximum absolute atomic E-state index is 9.70. The van der Waals surface area contributed by atoms with E-state index in [4.69, 9.17) is 4.99 Å². The molecule has 3 aliphatic rings. The standard InChI is InChI=1S/C53H40N4/c1-51(2)45-12-8-6-10-39(45)41-24-20-35(28-47(41)51)37-26-43(36-21-25-42-40-11-7-9-13-46(40)52(3,4)48(42)29-36)50-44(27-37)49(34-18-14-32(30-54)15-19-34)56-53(5,57-50)38-22-16-33(31-55)17-23-38/h6-29,57H,1-5H3. The average molecular weight is 733 g/mol. The number of anilines is 1. The van der Waals surface area contributed by atoms with Gasteiger partial charge in [-0.15, -0.1) is 0 Å². The molecule has 0 amide bonds. The number of rotatable bonds is 4. The Morgan fingerprint density at radius 3 is 1.49 bits per heavy atom. The predicted octanol–water partition coefficient (Wildman–Crippen LogP) is 12.5. The van der Waals surface area contributed by atoms with Crippen molar-refractivity contribution < 1.29 is 0 Å². The summed E-state index contributed by atoms with van der Waals surface area (Å²) in [5, 5.41) is 23.3. The molecule has 0 spiro atoms. The second-order valence-corrected chi connectivity index (χ2v) is 16.8. The van der Waals surface area contributed by atoms with Gasteiger partial charge < -0.3 is 5.32 Å². The van der Waals surface area contributed by atoms with Gasteiger partial charge in [0.2, 0.25) is 0 Å². The van der Waals surface area contributed by atoms with Crippen LogP contribution in [0.25, 0.3) is 44.5 Å². The first-order chi connectivity index (χ1) is 27.5. The molecule has 7 aromatic rings. The van der Waals surface area contributed by atoms with Crippen LogP contribution in [0, 0.1) is 22.7 Å². The summed E-state index contributed by atoms with van der Waals surface area (Å²) in [4.78, 5) is 5.53. The van der Waals surface area contributed by atoms with Crippen LogP contribution < -0.4 is 5.32 Å². The Bertz CT molecular complexity index is 2950. The van der Waals surface area contributed by atoms with Crippen LogP contribution in [0.1, 0.15) is 84.7 Å². The molecule has 0 radical (unpaired) electrons. The van der Waals surface area contributed by atoms with Crippen molar-refractivity contribution >= 4 is 11.4 Å². The van der Waals surface area contributed by atoms with E-state index in [1.165, 1.54) is 44.5 Å². The van der Waals surface area contributed by atoms with Crippen molar-refractivity contribution in [2.24, 2.45) is 4.99 Å². The maximum Gasteiger partial charge on any atom is 0.153 e. The molecule has 0 saturated heterocycles. The third-order valence-electron chi connectivity index (χ3n) is 12.8. The number of benzene rings is 7. The van der Waals surface area contributed by atoms with Crippen molar-refractivity contribution in [2.45, 2.75) is 51.1 Å². The Hall–Kier alpha value is -7.01. The smallest absolute Gasteiger partial charge is 0.153 e. The van der Waals surface area contributed by atoms with Crippen LogP contribution in [0.4, 0.5) is 5.69 Å². The van der Waals surface area contributed by atoms with Crippen molar-refractivity contribution in [3.63, 3.8) is 0 Å². The van der Waals surface area contributed by atoms with Gasteiger partial charge in [0, 0.05) is 27.5 Å². The molecule has 4 nitrogen and oxygen atoms in total. The molecule has 4 heteroatoms. The van der Waals surface area contributed by atoms with E-state index in [1.807, 2.05) is 48.5 Å². The predicted molar refractivity (Wildman–Crippen MR) is 231 cm³/mol. The van der Waals surface area contributed by atoms with Gasteiger partial charge >= 0.3 is 0 Å². The van der Waals surface area contributed by atoms with E-state index in [9.17, 15) is 10.5 Å². The molecule has 1 atom stereocenters. The normalized spacial score (nSPS) is 17.4. The molecule has 0 aromatic heterocycles. The third-order valence-corrected chi connectivity index (χ3v) is 12.8. The number of nitriles is 2. The van der Waals surface area contributed by atoms with Crippen LogP contribution in [0.15, 0.2) is 151 Å². The number of nitrogens with zero attached hydrogens (tertiary/aromatic N) is 3. The molecule has 1 unspecified atom stereocenters. The molecule has 272 valence electrons. The largest absolute Gasteiger partial charge is 0.357 e. The zero-order valence-corrected chi connectivity index (χ0v) is 32.7.